The number of hydrogen-bond donors (Lipinski definition) is 1. The Labute approximate surface area is 114 Å². The van der Waals surface area contributed by atoms with Crippen LogP contribution in [0.2, 0.25) is 0 Å². The summed E-state index contributed by atoms with van der Waals surface area (Å²) in [7, 11) is 0. The average molecular weight is 274 g/mol. The Bertz CT molecular complexity index is 690. The molecule has 1 aromatic carbocycles. The summed E-state index contributed by atoms with van der Waals surface area (Å²) in [6.07, 6.45) is 2.65. The zero-order valence-electron chi connectivity index (χ0n) is 10.8. The topological polar surface area (TPSA) is 73.6 Å². The molecular formula is C14H14N2O4. The van der Waals surface area contributed by atoms with Gasteiger partial charge < -0.3 is 19.1 Å². The van der Waals surface area contributed by atoms with Crippen LogP contribution in [0.4, 0.5) is 0 Å². The second-order valence-corrected chi connectivity index (χ2v) is 5.51. The van der Waals surface area contributed by atoms with Crippen LogP contribution in [-0.4, -0.2) is 46.0 Å². The molecule has 3 heterocycles. The van der Waals surface area contributed by atoms with Crippen LogP contribution in [-0.2, 0) is 9.47 Å². The van der Waals surface area contributed by atoms with Gasteiger partial charge in [-0.15, -0.1) is 0 Å². The van der Waals surface area contributed by atoms with Gasteiger partial charge in [0.1, 0.15) is 5.60 Å². The van der Waals surface area contributed by atoms with E-state index in [0.29, 0.717) is 19.8 Å². The summed E-state index contributed by atoms with van der Waals surface area (Å²) < 4.78 is 13.1. The van der Waals surface area contributed by atoms with Crippen LogP contribution in [0.15, 0.2) is 24.5 Å². The quantitative estimate of drug-likeness (QED) is 0.897. The van der Waals surface area contributed by atoms with Crippen LogP contribution in [0.1, 0.15) is 22.8 Å². The van der Waals surface area contributed by atoms with Crippen molar-refractivity contribution in [3.8, 4) is 0 Å². The molecule has 2 fully saturated rings. The van der Waals surface area contributed by atoms with E-state index in [9.17, 15) is 4.79 Å². The molecule has 0 radical (unpaired) electrons. The SMILES string of the molecule is O=C(O)c1ccc2ncn(C3COC4(COC4)C3)c2c1. The van der Waals surface area contributed by atoms with E-state index in [1.165, 1.54) is 0 Å². The monoisotopic (exact) mass is 274 g/mol. The summed E-state index contributed by atoms with van der Waals surface area (Å²) in [5.74, 6) is -0.925. The number of carboxylic acids is 1. The molecule has 1 atom stereocenters. The van der Waals surface area contributed by atoms with E-state index in [4.69, 9.17) is 14.6 Å². The van der Waals surface area contributed by atoms with Gasteiger partial charge in [0, 0.05) is 6.42 Å². The summed E-state index contributed by atoms with van der Waals surface area (Å²) in [5.41, 5.74) is 1.79. The lowest BCUT2D eigenvalue weighted by Gasteiger charge is -2.36. The molecule has 104 valence electrons. The number of carboxylic acid groups (broad SMARTS) is 1. The predicted octanol–water partition coefficient (Wildman–Crippen LogP) is 1.46. The molecule has 2 aliphatic heterocycles. The van der Waals surface area contributed by atoms with Crippen molar-refractivity contribution in [1.82, 2.24) is 9.55 Å². The Morgan fingerprint density at radius 3 is 2.95 bits per heavy atom. The average Bonchev–Trinajstić information content (AvgIpc) is 3.01. The van der Waals surface area contributed by atoms with Gasteiger partial charge in [0.05, 0.1) is 48.8 Å². The van der Waals surface area contributed by atoms with Gasteiger partial charge in [-0.25, -0.2) is 9.78 Å². The van der Waals surface area contributed by atoms with E-state index in [-0.39, 0.29) is 17.2 Å². The highest BCUT2D eigenvalue weighted by atomic mass is 16.6. The smallest absolute Gasteiger partial charge is 0.335 e. The highest BCUT2D eigenvalue weighted by molar-refractivity contribution is 5.92. The Morgan fingerprint density at radius 2 is 2.30 bits per heavy atom. The van der Waals surface area contributed by atoms with Gasteiger partial charge in [0.2, 0.25) is 0 Å². The van der Waals surface area contributed by atoms with Gasteiger partial charge >= 0.3 is 5.97 Å². The number of aromatic carboxylic acids is 1. The van der Waals surface area contributed by atoms with Crippen molar-refractivity contribution in [2.24, 2.45) is 0 Å². The second-order valence-electron chi connectivity index (χ2n) is 5.51. The first-order chi connectivity index (χ1) is 9.67. The van der Waals surface area contributed by atoms with Gasteiger partial charge in [-0.05, 0) is 18.2 Å². The lowest BCUT2D eigenvalue weighted by Crippen LogP contribution is -2.49. The second kappa shape index (κ2) is 4.04. The van der Waals surface area contributed by atoms with Crippen molar-refractivity contribution < 1.29 is 19.4 Å². The standard InChI is InChI=1S/C14H14N2O4/c17-13(18)9-1-2-11-12(3-9)16(8-15-11)10-4-14(20-5-10)6-19-7-14/h1-3,8,10H,4-7H2,(H,17,18). The molecule has 1 aromatic heterocycles. The van der Waals surface area contributed by atoms with Crippen molar-refractivity contribution in [3.05, 3.63) is 30.1 Å². The zero-order valence-corrected chi connectivity index (χ0v) is 10.8. The minimum absolute atomic E-state index is 0.133. The van der Waals surface area contributed by atoms with Crippen LogP contribution in [0.25, 0.3) is 11.0 Å². The van der Waals surface area contributed by atoms with E-state index in [0.717, 1.165) is 17.5 Å². The van der Waals surface area contributed by atoms with E-state index in [1.807, 2.05) is 4.57 Å². The van der Waals surface area contributed by atoms with Crippen LogP contribution >= 0.6 is 0 Å². The molecule has 6 heteroatoms. The molecule has 1 unspecified atom stereocenters. The first-order valence-corrected chi connectivity index (χ1v) is 6.58. The maximum atomic E-state index is 11.1. The number of fused-ring (bicyclic) bond motifs is 1. The van der Waals surface area contributed by atoms with Crippen molar-refractivity contribution >= 4 is 17.0 Å². The summed E-state index contributed by atoms with van der Waals surface area (Å²) >= 11 is 0. The van der Waals surface area contributed by atoms with Crippen molar-refractivity contribution in [2.45, 2.75) is 18.1 Å². The molecule has 0 bridgehead atoms. The van der Waals surface area contributed by atoms with E-state index in [2.05, 4.69) is 4.98 Å². The molecule has 0 saturated carbocycles. The van der Waals surface area contributed by atoms with Crippen LogP contribution in [0, 0.1) is 0 Å². The number of rotatable bonds is 2. The normalized spacial score (nSPS) is 24.1. The molecule has 2 saturated heterocycles. The molecule has 2 aromatic rings. The molecular weight excluding hydrogens is 260 g/mol. The number of benzene rings is 1. The Balaban J connectivity index is 1.72. The van der Waals surface area contributed by atoms with E-state index in [1.54, 1.807) is 24.5 Å². The molecule has 0 aliphatic carbocycles. The summed E-state index contributed by atoms with van der Waals surface area (Å²) in [6, 6.07) is 5.18. The summed E-state index contributed by atoms with van der Waals surface area (Å²) in [4.78, 5) is 15.4. The fraction of sp³-hybridized carbons (Fsp3) is 0.429. The maximum Gasteiger partial charge on any atom is 0.335 e. The number of nitrogens with zero attached hydrogens (tertiary/aromatic N) is 2. The fourth-order valence-corrected chi connectivity index (χ4v) is 2.98. The zero-order chi connectivity index (χ0) is 13.7. The van der Waals surface area contributed by atoms with Gasteiger partial charge in [-0.1, -0.05) is 0 Å². The van der Waals surface area contributed by atoms with Crippen LogP contribution < -0.4 is 0 Å². The van der Waals surface area contributed by atoms with Crippen molar-refractivity contribution in [1.29, 1.82) is 0 Å². The minimum Gasteiger partial charge on any atom is -0.478 e. The third-order valence-electron chi connectivity index (χ3n) is 4.13. The Hall–Kier alpha value is -1.92. The van der Waals surface area contributed by atoms with Crippen LogP contribution in [0.3, 0.4) is 0 Å². The molecule has 6 nitrogen and oxygen atoms in total. The van der Waals surface area contributed by atoms with Gasteiger partial charge in [0.25, 0.3) is 0 Å². The van der Waals surface area contributed by atoms with Gasteiger partial charge in [0.15, 0.2) is 0 Å². The van der Waals surface area contributed by atoms with Gasteiger partial charge in [-0.2, -0.15) is 0 Å². The largest absolute Gasteiger partial charge is 0.478 e. The predicted molar refractivity (Wildman–Crippen MR) is 69.8 cm³/mol. The lowest BCUT2D eigenvalue weighted by atomic mass is 9.96. The van der Waals surface area contributed by atoms with Crippen molar-refractivity contribution in [3.63, 3.8) is 0 Å². The number of hydrogen-bond acceptors (Lipinski definition) is 4. The fourth-order valence-electron chi connectivity index (χ4n) is 2.98. The molecule has 20 heavy (non-hydrogen) atoms. The number of aromatic nitrogens is 2. The molecule has 1 N–H and O–H groups in total. The third-order valence-corrected chi connectivity index (χ3v) is 4.13. The minimum atomic E-state index is -0.925. The lowest BCUT2D eigenvalue weighted by molar-refractivity contribution is -0.184. The summed E-state index contributed by atoms with van der Waals surface area (Å²) in [5, 5.41) is 9.10. The Kier molecular flexibility index (Phi) is 2.40. The highest BCUT2D eigenvalue weighted by Crippen LogP contribution is 2.39. The van der Waals surface area contributed by atoms with Gasteiger partial charge in [-0.3, -0.25) is 0 Å². The first-order valence-electron chi connectivity index (χ1n) is 6.58. The third kappa shape index (κ3) is 1.65. The molecule has 2 aliphatic rings. The highest BCUT2D eigenvalue weighted by Gasteiger charge is 2.47. The van der Waals surface area contributed by atoms with Crippen LogP contribution in [0.5, 0.6) is 0 Å². The number of carbonyl (C=O) groups is 1. The maximum absolute atomic E-state index is 11.1. The number of imidazole rings is 1. The molecule has 4 rings (SSSR count). The summed E-state index contributed by atoms with van der Waals surface area (Å²) in [6.45, 7) is 1.92. The van der Waals surface area contributed by atoms with E-state index < -0.39 is 5.97 Å². The number of ether oxygens (including phenoxy) is 2. The molecule has 0 amide bonds. The van der Waals surface area contributed by atoms with Crippen molar-refractivity contribution in [2.75, 3.05) is 19.8 Å². The molecule has 1 spiro atoms. The van der Waals surface area contributed by atoms with E-state index >= 15 is 0 Å². The first kappa shape index (κ1) is 11.9. The Morgan fingerprint density at radius 1 is 1.45 bits per heavy atom.